The van der Waals surface area contributed by atoms with Crippen molar-refractivity contribution < 1.29 is 24.5 Å². The van der Waals surface area contributed by atoms with Gasteiger partial charge in [0.05, 0.1) is 18.2 Å². The number of nitriles is 1. The molecule has 6 heteroatoms. The van der Waals surface area contributed by atoms with Crippen LogP contribution in [0.3, 0.4) is 0 Å². The Balaban J connectivity index is 2.82. The van der Waals surface area contributed by atoms with Gasteiger partial charge in [-0.3, -0.25) is 9.59 Å². The summed E-state index contributed by atoms with van der Waals surface area (Å²) < 4.78 is 5.66. The average molecular weight is 345 g/mol. The van der Waals surface area contributed by atoms with Crippen LogP contribution in [-0.2, 0) is 11.2 Å². The lowest BCUT2D eigenvalue weighted by atomic mass is 9.99. The standard InChI is InChI=1S/C19H23NO5/c1-2-7-14-12-15(16(21)8-6-9-19(23)24)17(22)13-18(14)25-11-5-3-4-10-20/h2,12-13,22H,1,3-9,11H2,(H,23,24). The Morgan fingerprint density at radius 3 is 2.64 bits per heavy atom. The third kappa shape index (κ3) is 7.08. The number of Topliss-reactive ketones (excluding diaryl/α,β-unsaturated/α-hetero) is 1. The smallest absolute Gasteiger partial charge is 0.303 e. The van der Waals surface area contributed by atoms with Gasteiger partial charge < -0.3 is 14.9 Å². The molecule has 1 aromatic carbocycles. The molecule has 0 atom stereocenters. The fourth-order valence-electron chi connectivity index (χ4n) is 2.31. The maximum absolute atomic E-state index is 12.2. The number of phenols is 1. The highest BCUT2D eigenvalue weighted by Crippen LogP contribution is 2.30. The number of ketones is 1. The van der Waals surface area contributed by atoms with Gasteiger partial charge in [-0.25, -0.2) is 0 Å². The van der Waals surface area contributed by atoms with Crippen LogP contribution in [0.2, 0.25) is 0 Å². The number of carbonyl (C=O) groups excluding carboxylic acids is 1. The second-order valence-corrected chi connectivity index (χ2v) is 5.60. The molecule has 6 nitrogen and oxygen atoms in total. The van der Waals surface area contributed by atoms with E-state index in [1.807, 2.05) is 0 Å². The van der Waals surface area contributed by atoms with Crippen LogP contribution in [0.5, 0.6) is 11.5 Å². The van der Waals surface area contributed by atoms with Crippen LogP contribution in [-0.4, -0.2) is 28.6 Å². The van der Waals surface area contributed by atoms with Gasteiger partial charge >= 0.3 is 5.97 Å². The number of benzene rings is 1. The highest BCUT2D eigenvalue weighted by atomic mass is 16.5. The Labute approximate surface area is 147 Å². The topological polar surface area (TPSA) is 108 Å². The number of carbonyl (C=O) groups is 2. The SMILES string of the molecule is C=CCc1cc(C(=O)CCCC(=O)O)c(O)cc1OCCCCC#N. The first kappa shape index (κ1) is 20.2. The molecule has 0 fully saturated rings. The number of rotatable bonds is 12. The van der Waals surface area contributed by atoms with Gasteiger partial charge in [-0.1, -0.05) is 6.08 Å². The van der Waals surface area contributed by atoms with E-state index < -0.39 is 5.97 Å². The zero-order valence-electron chi connectivity index (χ0n) is 14.2. The number of nitrogens with zero attached hydrogens (tertiary/aromatic N) is 1. The molecule has 2 N–H and O–H groups in total. The van der Waals surface area contributed by atoms with Gasteiger partial charge in [0, 0.05) is 25.3 Å². The molecule has 0 spiro atoms. The highest BCUT2D eigenvalue weighted by molar-refractivity contribution is 5.99. The Bertz CT molecular complexity index is 661. The summed E-state index contributed by atoms with van der Waals surface area (Å²) in [5.41, 5.74) is 0.897. The number of hydrogen-bond acceptors (Lipinski definition) is 5. The first-order chi connectivity index (χ1) is 12.0. The molecule has 0 amide bonds. The van der Waals surface area contributed by atoms with E-state index >= 15 is 0 Å². The monoisotopic (exact) mass is 345 g/mol. The minimum absolute atomic E-state index is 0.0573. The molecule has 0 saturated carbocycles. The van der Waals surface area contributed by atoms with E-state index in [-0.39, 0.29) is 36.4 Å². The van der Waals surface area contributed by atoms with Gasteiger partial charge in [-0.15, -0.1) is 6.58 Å². The van der Waals surface area contributed by atoms with Crippen molar-refractivity contribution in [2.45, 2.75) is 44.9 Å². The van der Waals surface area contributed by atoms with Crippen molar-refractivity contribution >= 4 is 11.8 Å². The number of carboxylic acids is 1. The first-order valence-electron chi connectivity index (χ1n) is 8.21. The number of carboxylic acid groups (broad SMARTS) is 1. The minimum atomic E-state index is -0.954. The number of hydrogen-bond donors (Lipinski definition) is 2. The van der Waals surface area contributed by atoms with Crippen molar-refractivity contribution in [1.29, 1.82) is 5.26 Å². The largest absolute Gasteiger partial charge is 0.507 e. The number of ether oxygens (including phenoxy) is 1. The third-order valence-corrected chi connectivity index (χ3v) is 3.58. The summed E-state index contributed by atoms with van der Waals surface area (Å²) in [5, 5.41) is 27.3. The molecule has 0 aliphatic heterocycles. The van der Waals surface area contributed by atoms with Crippen molar-refractivity contribution in [1.82, 2.24) is 0 Å². The van der Waals surface area contributed by atoms with Gasteiger partial charge in [0.1, 0.15) is 11.5 Å². The lowest BCUT2D eigenvalue weighted by Gasteiger charge is -2.13. The van der Waals surface area contributed by atoms with Crippen LogP contribution in [0.4, 0.5) is 0 Å². The predicted octanol–water partition coefficient (Wildman–Crippen LogP) is 3.63. The Kier molecular flexibility index (Phi) is 8.80. The molecule has 0 radical (unpaired) electrons. The summed E-state index contributed by atoms with van der Waals surface area (Å²) in [4.78, 5) is 22.7. The van der Waals surface area contributed by atoms with Crippen LogP contribution in [0, 0.1) is 11.3 Å². The Hall–Kier alpha value is -2.81. The second kappa shape index (κ2) is 10.9. The van der Waals surface area contributed by atoms with Crippen molar-refractivity contribution in [3.63, 3.8) is 0 Å². The average Bonchev–Trinajstić information content (AvgIpc) is 2.56. The van der Waals surface area contributed by atoms with E-state index in [0.29, 0.717) is 25.2 Å². The number of phenolic OH excluding ortho intramolecular Hbond substituents is 1. The summed E-state index contributed by atoms with van der Waals surface area (Å²) in [6.45, 7) is 4.09. The third-order valence-electron chi connectivity index (χ3n) is 3.58. The maximum Gasteiger partial charge on any atom is 0.303 e. The van der Waals surface area contributed by atoms with Crippen molar-refractivity contribution in [2.75, 3.05) is 6.61 Å². The quantitative estimate of drug-likeness (QED) is 0.340. The molecule has 134 valence electrons. The zero-order chi connectivity index (χ0) is 18.7. The summed E-state index contributed by atoms with van der Waals surface area (Å²) in [5.74, 6) is -0.953. The van der Waals surface area contributed by atoms with Crippen molar-refractivity contribution in [3.05, 3.63) is 35.9 Å². The zero-order valence-corrected chi connectivity index (χ0v) is 14.2. The number of aliphatic carboxylic acids is 1. The minimum Gasteiger partial charge on any atom is -0.507 e. The summed E-state index contributed by atoms with van der Waals surface area (Å²) >= 11 is 0. The van der Waals surface area contributed by atoms with Crippen LogP contribution < -0.4 is 4.74 Å². The van der Waals surface area contributed by atoms with Crippen molar-refractivity contribution in [3.8, 4) is 17.6 Å². The molecule has 0 unspecified atom stereocenters. The van der Waals surface area contributed by atoms with Crippen LogP contribution in [0.25, 0.3) is 0 Å². The normalized spacial score (nSPS) is 10.0. The molecule has 0 heterocycles. The van der Waals surface area contributed by atoms with E-state index in [1.165, 1.54) is 6.07 Å². The van der Waals surface area contributed by atoms with Gasteiger partial charge in [-0.05, 0) is 37.3 Å². The fourth-order valence-corrected chi connectivity index (χ4v) is 2.31. The first-order valence-corrected chi connectivity index (χ1v) is 8.21. The Morgan fingerprint density at radius 2 is 2.00 bits per heavy atom. The van der Waals surface area contributed by atoms with Gasteiger partial charge in [0.25, 0.3) is 0 Å². The molecule has 1 rings (SSSR count). The molecule has 0 aliphatic carbocycles. The van der Waals surface area contributed by atoms with E-state index in [4.69, 9.17) is 15.1 Å². The van der Waals surface area contributed by atoms with E-state index in [1.54, 1.807) is 12.1 Å². The lowest BCUT2D eigenvalue weighted by Crippen LogP contribution is -2.05. The summed E-state index contributed by atoms with van der Waals surface area (Å²) in [6, 6.07) is 5.05. The van der Waals surface area contributed by atoms with Crippen molar-refractivity contribution in [2.24, 2.45) is 0 Å². The van der Waals surface area contributed by atoms with Gasteiger partial charge in [0.15, 0.2) is 5.78 Å². The maximum atomic E-state index is 12.2. The van der Waals surface area contributed by atoms with Crippen LogP contribution >= 0.6 is 0 Å². The molecule has 25 heavy (non-hydrogen) atoms. The van der Waals surface area contributed by atoms with Gasteiger partial charge in [0.2, 0.25) is 0 Å². The summed E-state index contributed by atoms with van der Waals surface area (Å²) in [7, 11) is 0. The molecular weight excluding hydrogens is 322 g/mol. The molecular formula is C19H23NO5. The number of allylic oxidation sites excluding steroid dienone is 1. The predicted molar refractivity (Wildman–Crippen MR) is 92.8 cm³/mol. The Morgan fingerprint density at radius 1 is 1.24 bits per heavy atom. The van der Waals surface area contributed by atoms with Gasteiger partial charge in [-0.2, -0.15) is 5.26 Å². The second-order valence-electron chi connectivity index (χ2n) is 5.60. The summed E-state index contributed by atoms with van der Waals surface area (Å²) in [6.07, 6.45) is 4.27. The molecule has 0 aromatic heterocycles. The molecule has 0 bridgehead atoms. The molecule has 1 aromatic rings. The fraction of sp³-hybridized carbons (Fsp3) is 0.421. The molecule has 0 aliphatic rings. The lowest BCUT2D eigenvalue weighted by molar-refractivity contribution is -0.137. The number of unbranched alkanes of at least 4 members (excludes halogenated alkanes) is 2. The molecule has 0 saturated heterocycles. The number of aromatic hydroxyl groups is 1. The highest BCUT2D eigenvalue weighted by Gasteiger charge is 2.16. The van der Waals surface area contributed by atoms with Crippen LogP contribution in [0.1, 0.15) is 54.4 Å². The van der Waals surface area contributed by atoms with Crippen LogP contribution in [0.15, 0.2) is 24.8 Å². The van der Waals surface area contributed by atoms with E-state index in [2.05, 4.69) is 12.6 Å². The van der Waals surface area contributed by atoms with E-state index in [9.17, 15) is 14.7 Å². The van der Waals surface area contributed by atoms with E-state index in [0.717, 1.165) is 18.4 Å².